The van der Waals surface area contributed by atoms with Gasteiger partial charge in [-0.2, -0.15) is 0 Å². The lowest BCUT2D eigenvalue weighted by atomic mass is 9.62. The van der Waals surface area contributed by atoms with E-state index in [1.807, 2.05) is 0 Å². The van der Waals surface area contributed by atoms with Crippen LogP contribution >= 0.6 is 0 Å². The molecule has 1 spiro atoms. The predicted molar refractivity (Wildman–Crippen MR) is 301 cm³/mol. The fourth-order valence-corrected chi connectivity index (χ4v) is 23.9. The molecule has 0 saturated carbocycles. The van der Waals surface area contributed by atoms with E-state index in [0.717, 1.165) is 21.9 Å². The maximum absolute atomic E-state index is 7.10. The quantitative estimate of drug-likeness (QED) is 0.120. The van der Waals surface area contributed by atoms with Gasteiger partial charge in [-0.3, -0.25) is 0 Å². The summed E-state index contributed by atoms with van der Waals surface area (Å²) in [6, 6.07) is 104. The number of para-hydroxylation sites is 4. The number of rotatable bonds is 6. The van der Waals surface area contributed by atoms with Gasteiger partial charge in [0.2, 0.25) is 0 Å². The first kappa shape index (κ1) is 40.4. The molecule has 4 heterocycles. The van der Waals surface area contributed by atoms with E-state index in [1.54, 1.807) is 0 Å². The van der Waals surface area contributed by atoms with Gasteiger partial charge in [0.25, 0.3) is 0 Å². The lowest BCUT2D eigenvalue weighted by Gasteiger charge is -2.51. The third-order valence-electron chi connectivity index (χ3n) is 16.3. The van der Waals surface area contributed by atoms with Crippen LogP contribution in [-0.2, 0) is 5.41 Å². The van der Waals surface area contributed by atoms with E-state index in [9.17, 15) is 0 Å². The highest BCUT2D eigenvalue weighted by atomic mass is 28.3. The van der Waals surface area contributed by atoms with Gasteiger partial charge in [0.05, 0.1) is 22.1 Å². The van der Waals surface area contributed by atoms with Crippen LogP contribution in [0.4, 0.5) is 0 Å². The van der Waals surface area contributed by atoms with Crippen molar-refractivity contribution < 1.29 is 4.42 Å². The van der Waals surface area contributed by atoms with Crippen molar-refractivity contribution in [1.82, 2.24) is 4.57 Å². The summed E-state index contributed by atoms with van der Waals surface area (Å²) in [5.74, 6) is 0. The summed E-state index contributed by atoms with van der Waals surface area (Å²) in [7, 11) is -6.16. The molecule has 0 bridgehead atoms. The minimum atomic E-state index is -3.22. The molecule has 2 aliphatic rings. The highest BCUT2D eigenvalue weighted by molar-refractivity contribution is 7.21. The van der Waals surface area contributed by atoms with Gasteiger partial charge in [-0.1, -0.05) is 255 Å². The molecule has 0 saturated heterocycles. The number of hydrogen-bond acceptors (Lipinski definition) is 1. The molecule has 0 radical (unpaired) electrons. The maximum atomic E-state index is 7.10. The smallest absolute Gasteiger partial charge is 0.184 e. The molecule has 15 rings (SSSR count). The molecule has 0 unspecified atom stereocenters. The fourth-order valence-electron chi connectivity index (χ4n) is 13.7. The van der Waals surface area contributed by atoms with Crippen LogP contribution in [0.15, 0.2) is 277 Å². The van der Waals surface area contributed by atoms with Crippen LogP contribution in [-0.4, -0.2) is 20.7 Å². The second-order valence-electron chi connectivity index (χ2n) is 19.4. The molecule has 332 valence electrons. The van der Waals surface area contributed by atoms with E-state index in [0.29, 0.717) is 0 Å². The van der Waals surface area contributed by atoms with Crippen LogP contribution in [0.5, 0.6) is 0 Å². The van der Waals surface area contributed by atoms with E-state index >= 15 is 0 Å². The summed E-state index contributed by atoms with van der Waals surface area (Å²) in [5.41, 5.74) is 10.2. The second kappa shape index (κ2) is 15.2. The average Bonchev–Trinajstić information content (AvgIpc) is 4.02. The predicted octanol–water partition coefficient (Wildman–Crippen LogP) is 10.4. The lowest BCUT2D eigenvalue weighted by molar-refractivity contribution is 0.671. The van der Waals surface area contributed by atoms with Gasteiger partial charge in [0.15, 0.2) is 16.1 Å². The molecule has 13 aromatic rings. The summed E-state index contributed by atoms with van der Waals surface area (Å²) >= 11 is 0. The Morgan fingerprint density at radius 3 is 1.54 bits per heavy atom. The molecule has 4 heteroatoms. The Kier molecular flexibility index (Phi) is 8.65. The van der Waals surface area contributed by atoms with E-state index in [4.69, 9.17) is 4.42 Å². The Morgan fingerprint density at radius 1 is 0.366 bits per heavy atom. The maximum Gasteiger partial charge on any atom is 0.184 e. The number of aromatic nitrogens is 1. The van der Waals surface area contributed by atoms with Crippen LogP contribution in [0.1, 0.15) is 22.3 Å². The molecule has 2 aromatic heterocycles. The molecule has 0 N–H and O–H groups in total. The fraction of sp³-hybridized carbons (Fsp3) is 0.0149. The zero-order chi connectivity index (χ0) is 46.7. The first-order chi connectivity index (χ1) is 35.2. The summed E-state index contributed by atoms with van der Waals surface area (Å²) in [5, 5.41) is 15.6. The standard InChI is InChI=1S/C67H45NOSi2/c1-5-23-46(24-6-1)70(47-25-7-2-8-26-47,64-42-22-34-54-52-32-14-18-39-61(52)69-66(54)64)50-43-44-55-60(45-50)68-59-38-17-13-31-51(59)53-33-21-37-58(65(53)68)67(55)56-35-15-19-40-62(56)71(48-27-9-3-10-28-48,49-29-11-4-12-30-49)63-41-20-16-36-57(63)67/h1-45H. The van der Waals surface area contributed by atoms with Crippen molar-refractivity contribution in [2.24, 2.45) is 0 Å². The number of furan rings is 1. The Bertz CT molecular complexity index is 4110. The summed E-state index contributed by atoms with van der Waals surface area (Å²) < 4.78 is 9.72. The summed E-state index contributed by atoms with van der Waals surface area (Å²) in [4.78, 5) is 0. The van der Waals surface area contributed by atoms with Crippen LogP contribution < -0.4 is 41.5 Å². The van der Waals surface area contributed by atoms with Crippen molar-refractivity contribution in [3.8, 4) is 5.69 Å². The van der Waals surface area contributed by atoms with Crippen molar-refractivity contribution in [3.63, 3.8) is 0 Å². The number of benzene rings is 11. The lowest BCUT2D eigenvalue weighted by Crippen LogP contribution is -2.79. The van der Waals surface area contributed by atoms with Crippen molar-refractivity contribution in [2.75, 3.05) is 0 Å². The second-order valence-corrected chi connectivity index (χ2v) is 26.9. The Morgan fingerprint density at radius 2 is 0.873 bits per heavy atom. The normalized spacial score (nSPS) is 14.1. The molecular weight excluding hydrogens is 891 g/mol. The van der Waals surface area contributed by atoms with Crippen molar-refractivity contribution >= 4 is 101 Å². The minimum Gasteiger partial charge on any atom is -0.456 e. The Labute approximate surface area is 414 Å². The Balaban J connectivity index is 1.13. The van der Waals surface area contributed by atoms with Gasteiger partial charge in [0, 0.05) is 21.5 Å². The molecule has 0 amide bonds. The first-order valence-corrected chi connectivity index (χ1v) is 28.8. The largest absolute Gasteiger partial charge is 0.456 e. The number of nitrogens with zero attached hydrogens (tertiary/aromatic N) is 1. The van der Waals surface area contributed by atoms with Gasteiger partial charge in [-0.25, -0.2) is 0 Å². The van der Waals surface area contributed by atoms with Crippen LogP contribution in [0, 0.1) is 0 Å². The zero-order valence-corrected chi connectivity index (χ0v) is 40.8. The van der Waals surface area contributed by atoms with Crippen molar-refractivity contribution in [3.05, 3.63) is 295 Å². The zero-order valence-electron chi connectivity index (χ0n) is 38.8. The van der Waals surface area contributed by atoms with Crippen LogP contribution in [0.3, 0.4) is 0 Å². The molecule has 0 fully saturated rings. The van der Waals surface area contributed by atoms with Gasteiger partial charge in [-0.05, 0) is 81.9 Å². The SMILES string of the molecule is c1ccc([Si]2(c3ccccc3)c3ccccc3C3(c4ccc([Si](c5ccccc5)(c5ccccc5)c5cccc6c5oc5ccccc56)cc4-n4c5ccccc5c5cccc3c54)c3ccccc32)cc1. The van der Waals surface area contributed by atoms with Gasteiger partial charge >= 0.3 is 0 Å². The average molecular weight is 936 g/mol. The minimum absolute atomic E-state index is 0.673. The van der Waals surface area contributed by atoms with Gasteiger partial charge in [0.1, 0.15) is 11.2 Å². The molecule has 0 atom stereocenters. The van der Waals surface area contributed by atoms with Gasteiger partial charge < -0.3 is 8.98 Å². The topological polar surface area (TPSA) is 18.1 Å². The van der Waals surface area contributed by atoms with Gasteiger partial charge in [-0.15, -0.1) is 0 Å². The third kappa shape index (κ3) is 5.20. The summed E-state index contributed by atoms with van der Waals surface area (Å²) in [6.45, 7) is 0. The molecule has 11 aromatic carbocycles. The Hall–Kier alpha value is -8.55. The highest BCUT2D eigenvalue weighted by Crippen LogP contribution is 2.55. The molecule has 71 heavy (non-hydrogen) atoms. The molecule has 0 aliphatic carbocycles. The highest BCUT2D eigenvalue weighted by Gasteiger charge is 2.57. The van der Waals surface area contributed by atoms with E-state index in [2.05, 4.69) is 278 Å². The van der Waals surface area contributed by atoms with Crippen LogP contribution in [0.2, 0.25) is 0 Å². The van der Waals surface area contributed by atoms with E-state index in [1.165, 1.54) is 91.2 Å². The monoisotopic (exact) mass is 935 g/mol. The molecule has 2 nitrogen and oxygen atoms in total. The van der Waals surface area contributed by atoms with E-state index < -0.39 is 21.6 Å². The molecular formula is C67H45NOSi2. The number of fused-ring (bicyclic) bond motifs is 14. The van der Waals surface area contributed by atoms with Crippen LogP contribution in [0.25, 0.3) is 49.4 Å². The number of hydrogen-bond donors (Lipinski definition) is 0. The molecule has 2 aliphatic heterocycles. The van der Waals surface area contributed by atoms with E-state index in [-0.39, 0.29) is 0 Å². The van der Waals surface area contributed by atoms with Crippen molar-refractivity contribution in [1.29, 1.82) is 0 Å². The third-order valence-corrected chi connectivity index (χ3v) is 25.9. The summed E-state index contributed by atoms with van der Waals surface area (Å²) in [6.07, 6.45) is 0. The first-order valence-electron chi connectivity index (χ1n) is 24.8. The van der Waals surface area contributed by atoms with Crippen molar-refractivity contribution in [2.45, 2.75) is 5.41 Å².